The van der Waals surface area contributed by atoms with Gasteiger partial charge in [-0.3, -0.25) is 4.79 Å². The molecule has 2 rings (SSSR count). The molecule has 1 aromatic carbocycles. The van der Waals surface area contributed by atoms with Gasteiger partial charge in [0, 0.05) is 10.5 Å². The summed E-state index contributed by atoms with van der Waals surface area (Å²) in [6, 6.07) is 7.34. The molecule has 0 spiro atoms. The van der Waals surface area contributed by atoms with Crippen molar-refractivity contribution in [1.29, 1.82) is 0 Å². The highest BCUT2D eigenvalue weighted by Gasteiger charge is 2.28. The van der Waals surface area contributed by atoms with Crippen molar-refractivity contribution in [2.75, 3.05) is 13.2 Å². The van der Waals surface area contributed by atoms with Gasteiger partial charge in [0.2, 0.25) is 0 Å². The number of benzene rings is 1. The molecule has 3 atom stereocenters. The van der Waals surface area contributed by atoms with Gasteiger partial charge in [0.15, 0.2) is 13.2 Å². The van der Waals surface area contributed by atoms with E-state index >= 15 is 0 Å². The van der Waals surface area contributed by atoms with Crippen LogP contribution in [0.1, 0.15) is 33.1 Å². The fraction of sp³-hybridized carbons (Fsp3) is 0.556. The van der Waals surface area contributed by atoms with Gasteiger partial charge in [-0.2, -0.15) is 0 Å². The zero-order valence-electron chi connectivity index (χ0n) is 14.1. The molecule has 1 aliphatic rings. The molecule has 0 saturated heterocycles. The highest BCUT2D eigenvalue weighted by atomic mass is 79.9. The van der Waals surface area contributed by atoms with E-state index < -0.39 is 5.97 Å². The van der Waals surface area contributed by atoms with Gasteiger partial charge in [0.1, 0.15) is 5.75 Å². The van der Waals surface area contributed by atoms with Crippen LogP contribution in [0.4, 0.5) is 0 Å². The number of nitrogens with one attached hydrogen (secondary N) is 1. The lowest BCUT2D eigenvalue weighted by Gasteiger charge is -2.34. The number of esters is 1. The van der Waals surface area contributed by atoms with Crippen LogP contribution in [0.2, 0.25) is 0 Å². The topological polar surface area (TPSA) is 64.6 Å². The zero-order chi connectivity index (χ0) is 17.5. The molecule has 1 fully saturated rings. The van der Waals surface area contributed by atoms with Gasteiger partial charge in [-0.25, -0.2) is 4.79 Å². The molecule has 0 bridgehead atoms. The predicted molar refractivity (Wildman–Crippen MR) is 94.7 cm³/mol. The molecule has 1 N–H and O–H groups in total. The lowest BCUT2D eigenvalue weighted by molar-refractivity contribution is -0.150. The summed E-state index contributed by atoms with van der Waals surface area (Å²) >= 11 is 3.33. The van der Waals surface area contributed by atoms with Crippen LogP contribution in [0.25, 0.3) is 0 Å². The first-order valence-corrected chi connectivity index (χ1v) is 9.08. The van der Waals surface area contributed by atoms with Crippen molar-refractivity contribution in [1.82, 2.24) is 5.32 Å². The quantitative estimate of drug-likeness (QED) is 0.747. The molecular weight excluding hydrogens is 374 g/mol. The molecule has 1 amide bonds. The van der Waals surface area contributed by atoms with Crippen molar-refractivity contribution in [3.8, 4) is 5.75 Å². The molecule has 24 heavy (non-hydrogen) atoms. The van der Waals surface area contributed by atoms with Crippen molar-refractivity contribution < 1.29 is 19.1 Å². The van der Waals surface area contributed by atoms with Crippen LogP contribution < -0.4 is 10.1 Å². The van der Waals surface area contributed by atoms with Gasteiger partial charge in [0.25, 0.3) is 5.91 Å². The third-order valence-electron chi connectivity index (χ3n) is 4.57. The summed E-state index contributed by atoms with van der Waals surface area (Å²) in [5, 5.41) is 2.97. The van der Waals surface area contributed by atoms with E-state index in [2.05, 4.69) is 35.1 Å². The highest BCUT2D eigenvalue weighted by Crippen LogP contribution is 2.29. The maximum Gasteiger partial charge on any atom is 0.344 e. The number of hydrogen-bond donors (Lipinski definition) is 1. The molecule has 132 valence electrons. The van der Waals surface area contributed by atoms with Gasteiger partial charge in [0.05, 0.1) is 0 Å². The second kappa shape index (κ2) is 9.06. The second-order valence-electron chi connectivity index (χ2n) is 6.35. The second-order valence-corrected chi connectivity index (χ2v) is 7.26. The van der Waals surface area contributed by atoms with Gasteiger partial charge < -0.3 is 14.8 Å². The van der Waals surface area contributed by atoms with Gasteiger partial charge in [-0.1, -0.05) is 48.7 Å². The Bertz CT molecular complexity index is 578. The molecule has 1 aromatic rings. The molecule has 1 saturated carbocycles. The molecular formula is C18H24BrNO4. The molecule has 0 heterocycles. The zero-order valence-corrected chi connectivity index (χ0v) is 15.7. The Morgan fingerprint density at radius 1 is 1.25 bits per heavy atom. The van der Waals surface area contributed by atoms with E-state index in [1.807, 2.05) is 12.1 Å². The number of hydrogen-bond acceptors (Lipinski definition) is 4. The summed E-state index contributed by atoms with van der Waals surface area (Å²) in [6.45, 7) is 3.88. The van der Waals surface area contributed by atoms with Crippen LogP contribution in [0.5, 0.6) is 5.75 Å². The lowest BCUT2D eigenvalue weighted by atomic mass is 9.78. The lowest BCUT2D eigenvalue weighted by Crippen LogP contribution is -2.45. The number of halogens is 1. The number of carbonyl (C=O) groups excluding carboxylic acids is 2. The smallest absolute Gasteiger partial charge is 0.344 e. The van der Waals surface area contributed by atoms with Crippen LogP contribution >= 0.6 is 15.9 Å². The monoisotopic (exact) mass is 397 g/mol. The normalized spacial score (nSPS) is 23.4. The Morgan fingerprint density at radius 2 is 2.04 bits per heavy atom. The standard InChI is InChI=1S/C18H24BrNO4/c1-12-5-3-8-16(13(12)2)20-17(21)10-24-18(22)11-23-15-7-4-6-14(19)9-15/h4,6-7,9,12-13,16H,3,5,8,10-11H2,1-2H3,(H,20,21)/t12-,13-,16-/m1/s1. The number of amides is 1. The van der Waals surface area contributed by atoms with Crippen molar-refractivity contribution in [2.24, 2.45) is 11.8 Å². The summed E-state index contributed by atoms with van der Waals surface area (Å²) in [5.41, 5.74) is 0. The first-order chi connectivity index (χ1) is 11.5. The largest absolute Gasteiger partial charge is 0.482 e. The Kier molecular flexibility index (Phi) is 7.09. The Hall–Kier alpha value is -1.56. The van der Waals surface area contributed by atoms with Gasteiger partial charge in [-0.05, 0) is 36.5 Å². The maximum absolute atomic E-state index is 12.0. The first kappa shape index (κ1) is 18.8. The fourth-order valence-corrected chi connectivity index (χ4v) is 3.30. The third-order valence-corrected chi connectivity index (χ3v) is 5.06. The van der Waals surface area contributed by atoms with E-state index in [0.29, 0.717) is 17.6 Å². The average Bonchev–Trinajstić information content (AvgIpc) is 2.55. The molecule has 1 aliphatic carbocycles. The van der Waals surface area contributed by atoms with E-state index in [-0.39, 0.29) is 25.2 Å². The number of ether oxygens (including phenoxy) is 2. The van der Waals surface area contributed by atoms with Crippen molar-refractivity contribution in [3.05, 3.63) is 28.7 Å². The van der Waals surface area contributed by atoms with Crippen LogP contribution in [0, 0.1) is 11.8 Å². The third kappa shape index (κ3) is 5.82. The molecule has 0 unspecified atom stereocenters. The molecule has 0 aromatic heterocycles. The van der Waals surface area contributed by atoms with Crippen LogP contribution in [-0.4, -0.2) is 31.1 Å². The van der Waals surface area contributed by atoms with E-state index in [1.165, 1.54) is 6.42 Å². The van der Waals surface area contributed by atoms with Crippen molar-refractivity contribution in [3.63, 3.8) is 0 Å². The van der Waals surface area contributed by atoms with Crippen LogP contribution in [0.15, 0.2) is 28.7 Å². The molecule has 6 heteroatoms. The van der Waals surface area contributed by atoms with E-state index in [1.54, 1.807) is 12.1 Å². The Labute approximate surface area is 151 Å². The summed E-state index contributed by atoms with van der Waals surface area (Å²) in [6.07, 6.45) is 3.31. The minimum atomic E-state index is -0.560. The summed E-state index contributed by atoms with van der Waals surface area (Å²) in [4.78, 5) is 23.6. The van der Waals surface area contributed by atoms with E-state index in [9.17, 15) is 9.59 Å². The number of carbonyl (C=O) groups is 2. The SMILES string of the molecule is C[C@@H]1[C@H](C)CCC[C@H]1NC(=O)COC(=O)COc1cccc(Br)c1. The molecule has 0 radical (unpaired) electrons. The Morgan fingerprint density at radius 3 is 2.79 bits per heavy atom. The summed E-state index contributed by atoms with van der Waals surface area (Å²) in [7, 11) is 0. The fourth-order valence-electron chi connectivity index (χ4n) is 2.92. The van der Waals surface area contributed by atoms with Crippen molar-refractivity contribution >= 4 is 27.8 Å². The predicted octanol–water partition coefficient (Wildman–Crippen LogP) is 3.31. The highest BCUT2D eigenvalue weighted by molar-refractivity contribution is 9.10. The maximum atomic E-state index is 12.0. The van der Waals surface area contributed by atoms with Crippen LogP contribution in [-0.2, 0) is 14.3 Å². The Balaban J connectivity index is 1.68. The summed E-state index contributed by atoms with van der Waals surface area (Å²) in [5.74, 6) is 0.797. The van der Waals surface area contributed by atoms with Gasteiger partial charge in [-0.15, -0.1) is 0 Å². The minimum Gasteiger partial charge on any atom is -0.482 e. The van der Waals surface area contributed by atoms with Crippen LogP contribution in [0.3, 0.4) is 0 Å². The van der Waals surface area contributed by atoms with Crippen molar-refractivity contribution in [2.45, 2.75) is 39.2 Å². The number of rotatable bonds is 6. The molecule has 5 nitrogen and oxygen atoms in total. The van der Waals surface area contributed by atoms with E-state index in [0.717, 1.165) is 17.3 Å². The summed E-state index contributed by atoms with van der Waals surface area (Å²) < 4.78 is 11.2. The average molecular weight is 398 g/mol. The minimum absolute atomic E-state index is 0.165. The van der Waals surface area contributed by atoms with Gasteiger partial charge >= 0.3 is 5.97 Å². The van der Waals surface area contributed by atoms with E-state index in [4.69, 9.17) is 9.47 Å². The molecule has 0 aliphatic heterocycles. The first-order valence-electron chi connectivity index (χ1n) is 8.29.